The number of aliphatic hydroxyl groups is 1. The molecule has 2 aromatic rings. The van der Waals surface area contributed by atoms with Gasteiger partial charge in [-0.15, -0.1) is 10.2 Å². The maximum atomic E-state index is 10.5. The van der Waals surface area contributed by atoms with Crippen LogP contribution in [0.3, 0.4) is 0 Å². The molecule has 7 heteroatoms. The molecule has 1 heterocycles. The first kappa shape index (κ1) is 18.0. The minimum absolute atomic E-state index is 0.508. The number of unbranched alkanes of at least 4 members (excludes halogenated alkanes) is 1. The van der Waals surface area contributed by atoms with Crippen molar-refractivity contribution in [2.75, 3.05) is 20.6 Å². The van der Waals surface area contributed by atoms with E-state index in [1.807, 2.05) is 32.3 Å². The van der Waals surface area contributed by atoms with Crippen LogP contribution in [0, 0.1) is 0 Å². The molecule has 0 amide bonds. The van der Waals surface area contributed by atoms with Crippen LogP contribution in [0.4, 0.5) is 0 Å². The van der Waals surface area contributed by atoms with Gasteiger partial charge in [-0.3, -0.25) is 0 Å². The van der Waals surface area contributed by atoms with E-state index >= 15 is 0 Å². The van der Waals surface area contributed by atoms with Crippen molar-refractivity contribution in [1.29, 1.82) is 0 Å². The fourth-order valence-electron chi connectivity index (χ4n) is 2.30. The SMILES string of the molecule is CCCCC(O)c1ccc(Br)cc1-c1nnn(CCN(C)C)n1. The highest BCUT2D eigenvalue weighted by molar-refractivity contribution is 9.10. The van der Waals surface area contributed by atoms with Gasteiger partial charge in [0.05, 0.1) is 12.6 Å². The molecule has 0 fully saturated rings. The predicted molar refractivity (Wildman–Crippen MR) is 94.0 cm³/mol. The molecule has 6 nitrogen and oxygen atoms in total. The molecule has 23 heavy (non-hydrogen) atoms. The molecule has 0 aliphatic rings. The van der Waals surface area contributed by atoms with Gasteiger partial charge in [-0.25, -0.2) is 0 Å². The van der Waals surface area contributed by atoms with Gasteiger partial charge in [-0.2, -0.15) is 4.80 Å². The molecule has 0 spiro atoms. The smallest absolute Gasteiger partial charge is 0.205 e. The first-order valence-corrected chi connectivity index (χ1v) is 8.71. The second-order valence-electron chi connectivity index (χ2n) is 5.90. The molecule has 0 bridgehead atoms. The highest BCUT2D eigenvalue weighted by Crippen LogP contribution is 2.31. The van der Waals surface area contributed by atoms with E-state index in [4.69, 9.17) is 0 Å². The predicted octanol–water partition coefficient (Wildman–Crippen LogP) is 2.89. The topological polar surface area (TPSA) is 67.1 Å². The molecule has 0 aliphatic carbocycles. The zero-order valence-corrected chi connectivity index (χ0v) is 15.5. The Kier molecular flexibility index (Phi) is 6.68. The molecular formula is C16H24BrN5O. The lowest BCUT2D eigenvalue weighted by Crippen LogP contribution is -2.19. The number of halogens is 1. The van der Waals surface area contributed by atoms with Crippen molar-refractivity contribution in [3.63, 3.8) is 0 Å². The summed E-state index contributed by atoms with van der Waals surface area (Å²) in [4.78, 5) is 3.67. The standard InChI is InChI=1S/C16H24BrN5O/c1-4-5-6-15(23)13-8-7-12(17)11-14(13)16-18-20-22(19-16)10-9-21(2)3/h7-8,11,15,23H,4-6,9-10H2,1-3H3. The van der Waals surface area contributed by atoms with E-state index in [9.17, 15) is 5.11 Å². The van der Waals surface area contributed by atoms with E-state index < -0.39 is 6.10 Å². The molecule has 0 radical (unpaired) electrons. The van der Waals surface area contributed by atoms with Crippen LogP contribution >= 0.6 is 15.9 Å². The van der Waals surface area contributed by atoms with Crippen molar-refractivity contribution in [2.45, 2.75) is 38.8 Å². The van der Waals surface area contributed by atoms with E-state index in [2.05, 4.69) is 43.2 Å². The minimum atomic E-state index is -0.508. The summed E-state index contributed by atoms with van der Waals surface area (Å²) in [5, 5.41) is 23.2. The van der Waals surface area contributed by atoms with Crippen LogP contribution in [0.2, 0.25) is 0 Å². The Bertz CT molecular complexity index is 629. The summed E-state index contributed by atoms with van der Waals surface area (Å²) in [6, 6.07) is 5.81. The van der Waals surface area contributed by atoms with E-state index in [1.165, 1.54) is 0 Å². The number of aliphatic hydroxyl groups excluding tert-OH is 1. The summed E-state index contributed by atoms with van der Waals surface area (Å²) in [7, 11) is 4.02. The van der Waals surface area contributed by atoms with Crippen molar-refractivity contribution in [2.24, 2.45) is 0 Å². The molecule has 1 unspecified atom stereocenters. The number of rotatable bonds is 8. The lowest BCUT2D eigenvalue weighted by Gasteiger charge is -2.14. The number of likely N-dealkylation sites (N-methyl/N-ethyl adjacent to an activating group) is 1. The van der Waals surface area contributed by atoms with Gasteiger partial charge in [-0.1, -0.05) is 41.8 Å². The first-order valence-electron chi connectivity index (χ1n) is 7.91. The van der Waals surface area contributed by atoms with E-state index in [0.29, 0.717) is 12.4 Å². The lowest BCUT2D eigenvalue weighted by atomic mass is 9.98. The van der Waals surface area contributed by atoms with Crippen LogP contribution in [0.5, 0.6) is 0 Å². The van der Waals surface area contributed by atoms with E-state index in [1.54, 1.807) is 4.80 Å². The molecule has 0 saturated carbocycles. The van der Waals surface area contributed by atoms with Gasteiger partial charge in [0.15, 0.2) is 0 Å². The maximum absolute atomic E-state index is 10.5. The van der Waals surface area contributed by atoms with Crippen LogP contribution in [-0.4, -0.2) is 50.9 Å². The fourth-order valence-corrected chi connectivity index (χ4v) is 2.66. The van der Waals surface area contributed by atoms with Gasteiger partial charge < -0.3 is 10.0 Å². The Morgan fingerprint density at radius 1 is 1.35 bits per heavy atom. The Balaban J connectivity index is 2.25. The van der Waals surface area contributed by atoms with Crippen LogP contribution < -0.4 is 0 Å². The number of tetrazole rings is 1. The Labute approximate surface area is 145 Å². The minimum Gasteiger partial charge on any atom is -0.388 e. The van der Waals surface area contributed by atoms with Crippen molar-refractivity contribution < 1.29 is 5.11 Å². The molecule has 0 aliphatic heterocycles. The lowest BCUT2D eigenvalue weighted by molar-refractivity contribution is 0.165. The highest BCUT2D eigenvalue weighted by Gasteiger charge is 2.17. The number of benzene rings is 1. The third-order valence-electron chi connectivity index (χ3n) is 3.65. The fraction of sp³-hybridized carbons (Fsp3) is 0.562. The van der Waals surface area contributed by atoms with Gasteiger partial charge in [0.25, 0.3) is 0 Å². The summed E-state index contributed by atoms with van der Waals surface area (Å²) in [6.07, 6.45) is 2.27. The summed E-state index contributed by atoms with van der Waals surface area (Å²) in [6.45, 7) is 3.65. The van der Waals surface area contributed by atoms with Gasteiger partial charge in [0.1, 0.15) is 0 Å². The van der Waals surface area contributed by atoms with Gasteiger partial charge in [0, 0.05) is 16.6 Å². The molecule has 126 valence electrons. The zero-order chi connectivity index (χ0) is 16.8. The molecular weight excluding hydrogens is 358 g/mol. The normalized spacial score (nSPS) is 12.8. The Morgan fingerprint density at radius 2 is 2.13 bits per heavy atom. The average Bonchev–Trinajstić information content (AvgIpc) is 2.99. The molecule has 1 aromatic heterocycles. The Hall–Kier alpha value is -1.31. The third-order valence-corrected chi connectivity index (χ3v) is 4.14. The summed E-state index contributed by atoms with van der Waals surface area (Å²) >= 11 is 3.48. The van der Waals surface area contributed by atoms with Crippen molar-refractivity contribution in [3.05, 3.63) is 28.2 Å². The third kappa shape index (κ3) is 5.09. The summed E-state index contributed by atoms with van der Waals surface area (Å²) in [5.74, 6) is 0.551. The molecule has 1 N–H and O–H groups in total. The van der Waals surface area contributed by atoms with Crippen molar-refractivity contribution in [1.82, 2.24) is 25.1 Å². The van der Waals surface area contributed by atoms with E-state index in [-0.39, 0.29) is 0 Å². The van der Waals surface area contributed by atoms with Crippen molar-refractivity contribution >= 4 is 15.9 Å². The number of hydrogen-bond acceptors (Lipinski definition) is 5. The molecule has 1 aromatic carbocycles. The van der Waals surface area contributed by atoms with Gasteiger partial charge in [0.2, 0.25) is 5.82 Å². The molecule has 1 atom stereocenters. The maximum Gasteiger partial charge on any atom is 0.205 e. The second kappa shape index (κ2) is 8.52. The van der Waals surface area contributed by atoms with Crippen LogP contribution in [0.25, 0.3) is 11.4 Å². The van der Waals surface area contributed by atoms with Crippen LogP contribution in [0.15, 0.2) is 22.7 Å². The largest absolute Gasteiger partial charge is 0.388 e. The van der Waals surface area contributed by atoms with E-state index in [0.717, 1.165) is 41.4 Å². The molecule has 0 saturated heterocycles. The monoisotopic (exact) mass is 381 g/mol. The number of aromatic nitrogens is 4. The zero-order valence-electron chi connectivity index (χ0n) is 13.9. The quantitative estimate of drug-likeness (QED) is 0.761. The highest BCUT2D eigenvalue weighted by atomic mass is 79.9. The molecule has 2 rings (SSSR count). The van der Waals surface area contributed by atoms with Crippen LogP contribution in [0.1, 0.15) is 37.9 Å². The Morgan fingerprint density at radius 3 is 2.83 bits per heavy atom. The first-order chi connectivity index (χ1) is 11.0. The number of hydrogen-bond donors (Lipinski definition) is 1. The van der Waals surface area contributed by atoms with Gasteiger partial charge in [-0.05, 0) is 43.4 Å². The average molecular weight is 382 g/mol. The van der Waals surface area contributed by atoms with Crippen molar-refractivity contribution in [3.8, 4) is 11.4 Å². The van der Waals surface area contributed by atoms with Gasteiger partial charge >= 0.3 is 0 Å². The van der Waals surface area contributed by atoms with Crippen LogP contribution in [-0.2, 0) is 6.54 Å². The number of nitrogens with zero attached hydrogens (tertiary/aromatic N) is 5. The second-order valence-corrected chi connectivity index (χ2v) is 6.82. The summed E-state index contributed by atoms with van der Waals surface area (Å²) < 4.78 is 0.934. The summed E-state index contributed by atoms with van der Waals surface area (Å²) in [5.41, 5.74) is 1.69.